The minimum atomic E-state index is -0.0798. The smallest absolute Gasteiger partial charge is 0.233 e. The highest BCUT2D eigenvalue weighted by atomic mass is 16.2. The largest absolute Gasteiger partial charge is 0.294 e. The molecule has 0 aromatic heterocycles. The summed E-state index contributed by atoms with van der Waals surface area (Å²) in [5.74, 6) is 4.93. The third-order valence-electron chi connectivity index (χ3n) is 2.76. The molecular formula is C13H20N2O. The fourth-order valence-corrected chi connectivity index (χ4v) is 1.82. The van der Waals surface area contributed by atoms with Crippen LogP contribution in [0.1, 0.15) is 37.3 Å². The number of amides is 1. The lowest BCUT2D eigenvalue weighted by Gasteiger charge is -2.06. The van der Waals surface area contributed by atoms with E-state index in [1.54, 1.807) is 0 Å². The van der Waals surface area contributed by atoms with Gasteiger partial charge >= 0.3 is 0 Å². The molecule has 0 aliphatic rings. The summed E-state index contributed by atoms with van der Waals surface area (Å²) >= 11 is 0. The molecule has 0 spiro atoms. The third kappa shape index (κ3) is 4.03. The van der Waals surface area contributed by atoms with Crippen molar-refractivity contribution in [1.82, 2.24) is 5.43 Å². The van der Waals surface area contributed by atoms with E-state index in [1.807, 2.05) is 0 Å². The lowest BCUT2D eigenvalue weighted by molar-refractivity contribution is -0.121. The van der Waals surface area contributed by atoms with Crippen molar-refractivity contribution in [3.8, 4) is 0 Å². The minimum Gasteiger partial charge on any atom is -0.294 e. The number of carbonyl (C=O) groups excluding carboxylic acids is 1. The fourth-order valence-electron chi connectivity index (χ4n) is 1.82. The van der Waals surface area contributed by atoms with Crippen LogP contribution in [-0.2, 0) is 17.6 Å². The highest BCUT2D eigenvalue weighted by Crippen LogP contribution is 2.13. The lowest BCUT2D eigenvalue weighted by atomic mass is 10.00. The molecule has 1 amide bonds. The maximum atomic E-state index is 10.9. The first-order chi connectivity index (χ1) is 7.77. The van der Waals surface area contributed by atoms with Gasteiger partial charge in [-0.3, -0.25) is 10.2 Å². The van der Waals surface area contributed by atoms with Crippen LogP contribution < -0.4 is 11.3 Å². The summed E-state index contributed by atoms with van der Waals surface area (Å²) in [7, 11) is 0. The van der Waals surface area contributed by atoms with Crippen molar-refractivity contribution in [1.29, 1.82) is 0 Å². The minimum absolute atomic E-state index is 0.0798. The van der Waals surface area contributed by atoms with E-state index >= 15 is 0 Å². The third-order valence-corrected chi connectivity index (χ3v) is 2.76. The second kappa shape index (κ2) is 7.01. The first-order valence-corrected chi connectivity index (χ1v) is 5.84. The van der Waals surface area contributed by atoms with E-state index < -0.39 is 0 Å². The van der Waals surface area contributed by atoms with Crippen LogP contribution in [0, 0.1) is 0 Å². The average Bonchev–Trinajstić information content (AvgIpc) is 2.34. The standard InChI is InChI=1S/C13H20N2O/c1-2-11-7-3-4-8-12(11)9-5-6-10-13(16)15-14/h3-4,7-8H,2,5-6,9-10,14H2,1H3,(H,15,16). The molecule has 0 saturated heterocycles. The van der Waals surface area contributed by atoms with Gasteiger partial charge in [-0.25, -0.2) is 5.84 Å². The molecule has 1 aromatic rings. The number of carbonyl (C=O) groups is 1. The Balaban J connectivity index is 2.34. The summed E-state index contributed by atoms with van der Waals surface area (Å²) in [5.41, 5.74) is 4.96. The molecule has 1 aromatic carbocycles. The maximum Gasteiger partial charge on any atom is 0.233 e. The number of aryl methyl sites for hydroxylation is 2. The van der Waals surface area contributed by atoms with Gasteiger partial charge in [0.1, 0.15) is 0 Å². The summed E-state index contributed by atoms with van der Waals surface area (Å²) < 4.78 is 0. The number of nitrogens with one attached hydrogen (secondary N) is 1. The van der Waals surface area contributed by atoms with Crippen LogP contribution in [0.2, 0.25) is 0 Å². The van der Waals surface area contributed by atoms with Crippen LogP contribution in [0.3, 0.4) is 0 Å². The number of rotatable bonds is 6. The van der Waals surface area contributed by atoms with Gasteiger partial charge in [-0.2, -0.15) is 0 Å². The summed E-state index contributed by atoms with van der Waals surface area (Å²) in [6.45, 7) is 2.17. The highest BCUT2D eigenvalue weighted by Gasteiger charge is 2.01. The van der Waals surface area contributed by atoms with E-state index in [4.69, 9.17) is 5.84 Å². The molecule has 0 aliphatic carbocycles. The second-order valence-electron chi connectivity index (χ2n) is 3.90. The van der Waals surface area contributed by atoms with Crippen molar-refractivity contribution in [2.45, 2.75) is 39.0 Å². The molecule has 0 atom stereocenters. The van der Waals surface area contributed by atoms with Crippen LogP contribution in [0.4, 0.5) is 0 Å². The van der Waals surface area contributed by atoms with Crippen molar-refractivity contribution in [2.75, 3.05) is 0 Å². The van der Waals surface area contributed by atoms with Gasteiger partial charge in [0.05, 0.1) is 0 Å². The highest BCUT2D eigenvalue weighted by molar-refractivity contribution is 5.75. The first kappa shape index (κ1) is 12.7. The van der Waals surface area contributed by atoms with Gasteiger partial charge < -0.3 is 0 Å². The summed E-state index contributed by atoms with van der Waals surface area (Å²) in [4.78, 5) is 10.9. The van der Waals surface area contributed by atoms with Gasteiger partial charge in [0.15, 0.2) is 0 Å². The van der Waals surface area contributed by atoms with Gasteiger partial charge in [-0.15, -0.1) is 0 Å². The van der Waals surface area contributed by atoms with Gasteiger partial charge in [0.25, 0.3) is 0 Å². The van der Waals surface area contributed by atoms with E-state index in [0.717, 1.165) is 25.7 Å². The predicted molar refractivity (Wildman–Crippen MR) is 65.7 cm³/mol. The van der Waals surface area contributed by atoms with Crippen molar-refractivity contribution >= 4 is 5.91 Å². The zero-order valence-electron chi connectivity index (χ0n) is 9.83. The van der Waals surface area contributed by atoms with Gasteiger partial charge in [0, 0.05) is 6.42 Å². The average molecular weight is 220 g/mol. The number of hydrogen-bond acceptors (Lipinski definition) is 2. The molecule has 3 heteroatoms. The topological polar surface area (TPSA) is 55.1 Å². The quantitative estimate of drug-likeness (QED) is 0.333. The van der Waals surface area contributed by atoms with Gasteiger partial charge in [-0.05, 0) is 36.8 Å². The van der Waals surface area contributed by atoms with Crippen LogP contribution in [0.25, 0.3) is 0 Å². The normalized spacial score (nSPS) is 10.1. The van der Waals surface area contributed by atoms with Crippen molar-refractivity contribution < 1.29 is 4.79 Å². The predicted octanol–water partition coefficient (Wildman–Crippen LogP) is 1.95. The number of nitrogens with two attached hydrogens (primary N) is 1. The zero-order chi connectivity index (χ0) is 11.8. The SMILES string of the molecule is CCc1ccccc1CCCCC(=O)NN. The molecule has 0 bridgehead atoms. The Bertz CT molecular complexity index is 336. The molecule has 0 fully saturated rings. The zero-order valence-corrected chi connectivity index (χ0v) is 9.83. The molecule has 0 radical (unpaired) electrons. The summed E-state index contributed by atoms with van der Waals surface area (Å²) in [5, 5.41) is 0. The second-order valence-corrected chi connectivity index (χ2v) is 3.90. The first-order valence-electron chi connectivity index (χ1n) is 5.84. The van der Waals surface area contributed by atoms with Crippen LogP contribution in [-0.4, -0.2) is 5.91 Å². The van der Waals surface area contributed by atoms with Crippen LogP contribution in [0.15, 0.2) is 24.3 Å². The Morgan fingerprint density at radius 3 is 2.56 bits per heavy atom. The number of hydrazine groups is 1. The molecule has 3 N–H and O–H groups in total. The summed E-state index contributed by atoms with van der Waals surface area (Å²) in [6, 6.07) is 8.48. The Kier molecular flexibility index (Phi) is 5.57. The lowest BCUT2D eigenvalue weighted by Crippen LogP contribution is -2.29. The van der Waals surface area contributed by atoms with E-state index in [-0.39, 0.29) is 5.91 Å². The molecule has 16 heavy (non-hydrogen) atoms. The van der Waals surface area contributed by atoms with E-state index in [9.17, 15) is 4.79 Å². The Morgan fingerprint density at radius 1 is 1.25 bits per heavy atom. The van der Waals surface area contributed by atoms with E-state index in [2.05, 4.69) is 36.6 Å². The molecule has 1 rings (SSSR count). The van der Waals surface area contributed by atoms with Crippen molar-refractivity contribution in [3.63, 3.8) is 0 Å². The van der Waals surface area contributed by atoms with Crippen LogP contribution >= 0.6 is 0 Å². The number of hydrogen-bond donors (Lipinski definition) is 2. The Labute approximate surface area is 97.0 Å². The number of benzene rings is 1. The maximum absolute atomic E-state index is 10.9. The monoisotopic (exact) mass is 220 g/mol. The van der Waals surface area contributed by atoms with Crippen molar-refractivity contribution in [3.05, 3.63) is 35.4 Å². The number of unbranched alkanes of at least 4 members (excludes halogenated alkanes) is 1. The molecule has 0 aliphatic heterocycles. The van der Waals surface area contributed by atoms with Gasteiger partial charge in [-0.1, -0.05) is 31.2 Å². The molecule has 88 valence electrons. The molecule has 0 heterocycles. The Hall–Kier alpha value is -1.35. The van der Waals surface area contributed by atoms with Crippen molar-refractivity contribution in [2.24, 2.45) is 5.84 Å². The van der Waals surface area contributed by atoms with E-state index in [0.29, 0.717) is 6.42 Å². The van der Waals surface area contributed by atoms with E-state index in [1.165, 1.54) is 11.1 Å². The Morgan fingerprint density at radius 2 is 1.94 bits per heavy atom. The fraction of sp³-hybridized carbons (Fsp3) is 0.462. The molecular weight excluding hydrogens is 200 g/mol. The summed E-state index contributed by atoms with van der Waals surface area (Å²) in [6.07, 6.45) is 4.55. The molecule has 3 nitrogen and oxygen atoms in total. The molecule has 0 unspecified atom stereocenters. The van der Waals surface area contributed by atoms with Gasteiger partial charge in [0.2, 0.25) is 5.91 Å². The molecule has 0 saturated carbocycles. The van der Waals surface area contributed by atoms with Crippen LogP contribution in [0.5, 0.6) is 0 Å².